The third kappa shape index (κ3) is 3.71. The molecule has 1 aliphatic heterocycles. The van der Waals surface area contributed by atoms with Crippen LogP contribution in [0.3, 0.4) is 0 Å². The highest BCUT2D eigenvalue weighted by Crippen LogP contribution is 2.21. The molecule has 0 N–H and O–H groups in total. The Kier molecular flexibility index (Phi) is 5.24. The average molecular weight is 322 g/mol. The number of hydrogen-bond acceptors (Lipinski definition) is 3. The van der Waals surface area contributed by atoms with Crippen molar-refractivity contribution in [3.8, 4) is 6.07 Å². The highest BCUT2D eigenvalue weighted by molar-refractivity contribution is 9.08. The van der Waals surface area contributed by atoms with Crippen LogP contribution in [-0.2, 0) is 5.33 Å². The van der Waals surface area contributed by atoms with Crippen molar-refractivity contribution in [2.45, 2.75) is 18.2 Å². The Morgan fingerprint density at radius 3 is 2.74 bits per heavy atom. The minimum Gasteiger partial charge on any atom is -0.372 e. The van der Waals surface area contributed by atoms with Gasteiger partial charge in [-0.2, -0.15) is 5.26 Å². The molecule has 1 aromatic rings. The number of likely N-dealkylation sites (N-methyl/N-ethyl adjacent to an activating group) is 1. The van der Waals surface area contributed by atoms with Crippen LogP contribution in [0.25, 0.3) is 0 Å². The van der Waals surface area contributed by atoms with Gasteiger partial charge in [-0.25, -0.2) is 0 Å². The van der Waals surface area contributed by atoms with Gasteiger partial charge in [0, 0.05) is 25.5 Å². The largest absolute Gasteiger partial charge is 0.372 e. The van der Waals surface area contributed by atoms with Crippen molar-refractivity contribution in [2.75, 3.05) is 38.1 Å². The van der Waals surface area contributed by atoms with Crippen molar-refractivity contribution in [1.29, 1.82) is 5.26 Å². The number of nitriles is 1. The Morgan fingerprint density at radius 2 is 2.11 bits per heavy atom. The Hall–Kier alpha value is -1.05. The fourth-order valence-corrected chi connectivity index (χ4v) is 2.86. The van der Waals surface area contributed by atoms with Gasteiger partial charge in [0.05, 0.1) is 11.3 Å². The fraction of sp³-hybridized carbons (Fsp3) is 0.533. The molecule has 0 atom stereocenters. The lowest BCUT2D eigenvalue weighted by Gasteiger charge is -2.24. The Bertz CT molecular complexity index is 461. The molecule has 102 valence electrons. The normalized spacial score (nSPS) is 15.4. The van der Waals surface area contributed by atoms with E-state index in [1.807, 2.05) is 6.07 Å². The van der Waals surface area contributed by atoms with Crippen molar-refractivity contribution in [2.24, 2.45) is 0 Å². The number of halogens is 1. The summed E-state index contributed by atoms with van der Waals surface area (Å²) in [5.41, 5.74) is 2.94. The van der Waals surface area contributed by atoms with E-state index in [2.05, 4.69) is 51.0 Å². The van der Waals surface area contributed by atoms with Crippen LogP contribution in [0.5, 0.6) is 0 Å². The third-order valence-corrected chi connectivity index (χ3v) is 4.34. The average Bonchev–Trinajstić information content (AvgIpc) is 2.97. The summed E-state index contributed by atoms with van der Waals surface area (Å²) in [6.45, 7) is 4.51. The summed E-state index contributed by atoms with van der Waals surface area (Å²) >= 11 is 3.43. The van der Waals surface area contributed by atoms with Gasteiger partial charge < -0.3 is 9.80 Å². The molecule has 3 nitrogen and oxygen atoms in total. The first-order valence-corrected chi connectivity index (χ1v) is 7.89. The number of nitrogens with zero attached hydrogens (tertiary/aromatic N) is 3. The molecular weight excluding hydrogens is 302 g/mol. The second kappa shape index (κ2) is 6.93. The first kappa shape index (κ1) is 14.4. The van der Waals surface area contributed by atoms with E-state index in [0.717, 1.165) is 35.2 Å². The highest BCUT2D eigenvalue weighted by Gasteiger charge is 2.13. The van der Waals surface area contributed by atoms with Crippen LogP contribution in [0.1, 0.15) is 24.0 Å². The molecule has 4 heteroatoms. The van der Waals surface area contributed by atoms with Crippen LogP contribution >= 0.6 is 15.9 Å². The fourth-order valence-electron chi connectivity index (χ4n) is 2.51. The minimum absolute atomic E-state index is 0.765. The smallest absolute Gasteiger partial charge is 0.101 e. The zero-order chi connectivity index (χ0) is 13.7. The van der Waals surface area contributed by atoms with Crippen LogP contribution in [0.2, 0.25) is 0 Å². The van der Waals surface area contributed by atoms with Crippen LogP contribution in [0, 0.1) is 11.3 Å². The van der Waals surface area contributed by atoms with Crippen LogP contribution in [0.4, 0.5) is 5.69 Å². The Morgan fingerprint density at radius 1 is 1.37 bits per heavy atom. The summed E-state index contributed by atoms with van der Waals surface area (Å²) in [5, 5.41) is 10.1. The monoisotopic (exact) mass is 321 g/mol. The molecule has 0 unspecified atom stereocenters. The van der Waals surface area contributed by atoms with Crippen LogP contribution < -0.4 is 4.90 Å². The van der Waals surface area contributed by atoms with Crippen molar-refractivity contribution >= 4 is 21.6 Å². The van der Waals surface area contributed by atoms with Crippen molar-refractivity contribution in [1.82, 2.24) is 4.90 Å². The number of hydrogen-bond donors (Lipinski definition) is 0. The van der Waals surface area contributed by atoms with Gasteiger partial charge in [-0.15, -0.1) is 0 Å². The summed E-state index contributed by atoms with van der Waals surface area (Å²) in [7, 11) is 2.07. The molecule has 0 saturated carbocycles. The molecule has 1 saturated heterocycles. The number of alkyl halides is 1. The van der Waals surface area contributed by atoms with Gasteiger partial charge in [0.2, 0.25) is 0 Å². The summed E-state index contributed by atoms with van der Waals surface area (Å²) in [4.78, 5) is 4.68. The Labute approximate surface area is 123 Å². The summed E-state index contributed by atoms with van der Waals surface area (Å²) < 4.78 is 0. The molecular formula is C15H20BrN3. The third-order valence-electron chi connectivity index (χ3n) is 3.70. The van der Waals surface area contributed by atoms with Gasteiger partial charge >= 0.3 is 0 Å². The Balaban J connectivity index is 2.01. The summed E-state index contributed by atoms with van der Waals surface area (Å²) in [6.07, 6.45) is 2.65. The first-order chi connectivity index (χ1) is 9.24. The van der Waals surface area contributed by atoms with Gasteiger partial charge in [0.1, 0.15) is 6.07 Å². The molecule has 19 heavy (non-hydrogen) atoms. The SMILES string of the molecule is CN(CCN1CCCC1)c1ccc(CBr)cc1C#N. The van der Waals surface area contributed by atoms with E-state index in [9.17, 15) is 5.26 Å². The molecule has 0 radical (unpaired) electrons. The van der Waals surface area contributed by atoms with E-state index in [1.165, 1.54) is 25.9 Å². The molecule has 1 aliphatic rings. The zero-order valence-electron chi connectivity index (χ0n) is 11.4. The lowest BCUT2D eigenvalue weighted by atomic mass is 10.1. The lowest BCUT2D eigenvalue weighted by Crippen LogP contribution is -2.31. The van der Waals surface area contributed by atoms with Gasteiger partial charge in [-0.05, 0) is 43.6 Å². The highest BCUT2D eigenvalue weighted by atomic mass is 79.9. The summed E-state index contributed by atoms with van der Waals surface area (Å²) in [6, 6.07) is 8.41. The summed E-state index contributed by atoms with van der Waals surface area (Å²) in [5.74, 6) is 0. The van der Waals surface area contributed by atoms with E-state index >= 15 is 0 Å². The van der Waals surface area contributed by atoms with Crippen molar-refractivity contribution < 1.29 is 0 Å². The van der Waals surface area contributed by atoms with E-state index in [-0.39, 0.29) is 0 Å². The van der Waals surface area contributed by atoms with Crippen molar-refractivity contribution in [3.05, 3.63) is 29.3 Å². The topological polar surface area (TPSA) is 30.3 Å². The molecule has 2 rings (SSSR count). The predicted octanol–water partition coefficient (Wildman–Crippen LogP) is 2.99. The number of likely N-dealkylation sites (tertiary alicyclic amines) is 1. The molecule has 0 amide bonds. The molecule has 0 spiro atoms. The molecule has 1 heterocycles. The predicted molar refractivity (Wildman–Crippen MR) is 82.7 cm³/mol. The van der Waals surface area contributed by atoms with Gasteiger partial charge in [-0.3, -0.25) is 0 Å². The first-order valence-electron chi connectivity index (χ1n) is 6.77. The maximum atomic E-state index is 9.26. The minimum atomic E-state index is 0.765. The molecule has 0 aromatic heterocycles. The van der Waals surface area contributed by atoms with E-state index < -0.39 is 0 Å². The van der Waals surface area contributed by atoms with Gasteiger partial charge in [-0.1, -0.05) is 22.0 Å². The molecule has 0 bridgehead atoms. The lowest BCUT2D eigenvalue weighted by molar-refractivity contribution is 0.346. The van der Waals surface area contributed by atoms with Gasteiger partial charge in [0.15, 0.2) is 0 Å². The van der Waals surface area contributed by atoms with Crippen molar-refractivity contribution in [3.63, 3.8) is 0 Å². The standard InChI is InChI=1S/C15H20BrN3/c1-18(8-9-19-6-2-3-7-19)15-5-4-13(11-16)10-14(15)12-17/h4-5,10H,2-3,6-9,11H2,1H3. The molecule has 1 aromatic carbocycles. The second-order valence-electron chi connectivity index (χ2n) is 5.07. The maximum Gasteiger partial charge on any atom is 0.101 e. The van der Waals surface area contributed by atoms with Crippen LogP contribution in [-0.4, -0.2) is 38.1 Å². The second-order valence-corrected chi connectivity index (χ2v) is 5.63. The van der Waals surface area contributed by atoms with E-state index in [4.69, 9.17) is 0 Å². The van der Waals surface area contributed by atoms with Gasteiger partial charge in [0.25, 0.3) is 0 Å². The van der Waals surface area contributed by atoms with Crippen LogP contribution in [0.15, 0.2) is 18.2 Å². The number of rotatable bonds is 5. The zero-order valence-corrected chi connectivity index (χ0v) is 13.0. The molecule has 0 aliphatic carbocycles. The quantitative estimate of drug-likeness (QED) is 0.781. The molecule has 1 fully saturated rings. The number of benzene rings is 1. The van der Waals surface area contributed by atoms with E-state index in [1.54, 1.807) is 0 Å². The maximum absolute atomic E-state index is 9.26. The van der Waals surface area contributed by atoms with E-state index in [0.29, 0.717) is 0 Å². The number of anilines is 1.